The van der Waals surface area contributed by atoms with E-state index in [1.807, 2.05) is 24.3 Å². The zero-order valence-corrected chi connectivity index (χ0v) is 17.9. The molecule has 4 rings (SSSR count). The fourth-order valence-corrected chi connectivity index (χ4v) is 4.68. The number of hydrogen-bond acceptors (Lipinski definition) is 4. The van der Waals surface area contributed by atoms with Crippen LogP contribution >= 0.6 is 39.7 Å². The highest BCUT2D eigenvalue weighted by Gasteiger charge is 2.27. The number of aryl methyl sites for hydroxylation is 1. The predicted molar refractivity (Wildman–Crippen MR) is 118 cm³/mol. The molecule has 0 radical (unpaired) electrons. The Kier molecular flexibility index (Phi) is 6.49. The zero-order chi connectivity index (χ0) is 18.8. The van der Waals surface area contributed by atoms with E-state index < -0.39 is 0 Å². The molecule has 2 amide bonds. The molecule has 0 bridgehead atoms. The van der Waals surface area contributed by atoms with Crippen molar-refractivity contribution in [3.8, 4) is 0 Å². The average molecular weight is 479 g/mol. The number of hydrogen-bond donors (Lipinski definition) is 2. The standard InChI is InChI=1S/C20H16BrN3O2S.ClH/c21-13-6-8-14(9-7-13)23-19(26)17-15-4-1-5-16(15)27-20(17)24-18(25)12-3-2-10-22-11-12;/h2-3,6-11H,1,4-5H2,(H,23,26)(H,24,25);1H. The molecule has 1 aliphatic carbocycles. The van der Waals surface area contributed by atoms with Gasteiger partial charge in [0.05, 0.1) is 11.1 Å². The van der Waals surface area contributed by atoms with Crippen LogP contribution < -0.4 is 10.6 Å². The molecule has 0 unspecified atom stereocenters. The third-order valence-electron chi connectivity index (χ3n) is 4.40. The molecular formula is C20H17BrClN3O2S. The number of benzene rings is 1. The Balaban J connectivity index is 0.00000225. The molecule has 28 heavy (non-hydrogen) atoms. The smallest absolute Gasteiger partial charge is 0.258 e. The lowest BCUT2D eigenvalue weighted by Crippen LogP contribution is -2.18. The summed E-state index contributed by atoms with van der Waals surface area (Å²) < 4.78 is 0.946. The first-order chi connectivity index (χ1) is 13.1. The monoisotopic (exact) mass is 477 g/mol. The summed E-state index contributed by atoms with van der Waals surface area (Å²) in [5.74, 6) is -0.459. The van der Waals surface area contributed by atoms with E-state index in [-0.39, 0.29) is 24.2 Å². The zero-order valence-electron chi connectivity index (χ0n) is 14.7. The maximum Gasteiger partial charge on any atom is 0.258 e. The van der Waals surface area contributed by atoms with Crippen molar-refractivity contribution < 1.29 is 9.59 Å². The predicted octanol–water partition coefficient (Wildman–Crippen LogP) is 5.32. The molecule has 0 spiro atoms. The Morgan fingerprint density at radius 1 is 1.04 bits per heavy atom. The topological polar surface area (TPSA) is 71.1 Å². The minimum absolute atomic E-state index is 0. The van der Waals surface area contributed by atoms with Crippen molar-refractivity contribution >= 4 is 62.2 Å². The van der Waals surface area contributed by atoms with Crippen molar-refractivity contribution in [2.24, 2.45) is 0 Å². The second-order valence-corrected chi connectivity index (χ2v) is 8.24. The molecule has 0 saturated heterocycles. The van der Waals surface area contributed by atoms with Gasteiger partial charge in [-0.1, -0.05) is 15.9 Å². The number of nitrogens with zero attached hydrogens (tertiary/aromatic N) is 1. The average Bonchev–Trinajstić information content (AvgIpc) is 3.25. The van der Waals surface area contributed by atoms with Crippen LogP contribution in [0, 0.1) is 0 Å². The van der Waals surface area contributed by atoms with E-state index in [9.17, 15) is 9.59 Å². The van der Waals surface area contributed by atoms with Gasteiger partial charge in [0.1, 0.15) is 5.00 Å². The first kappa shape index (κ1) is 20.5. The highest BCUT2D eigenvalue weighted by atomic mass is 79.9. The molecule has 0 saturated carbocycles. The van der Waals surface area contributed by atoms with Crippen molar-refractivity contribution in [1.82, 2.24) is 4.98 Å². The third-order valence-corrected chi connectivity index (χ3v) is 6.14. The summed E-state index contributed by atoms with van der Waals surface area (Å²) in [6.45, 7) is 0. The van der Waals surface area contributed by atoms with E-state index in [1.165, 1.54) is 22.4 Å². The number of carbonyl (C=O) groups is 2. The van der Waals surface area contributed by atoms with E-state index in [1.54, 1.807) is 18.3 Å². The second-order valence-electron chi connectivity index (χ2n) is 6.22. The van der Waals surface area contributed by atoms with Gasteiger partial charge in [-0.2, -0.15) is 0 Å². The van der Waals surface area contributed by atoms with Crippen LogP contribution in [0.4, 0.5) is 10.7 Å². The maximum absolute atomic E-state index is 13.0. The second kappa shape index (κ2) is 8.86. The van der Waals surface area contributed by atoms with Crippen LogP contribution in [-0.4, -0.2) is 16.8 Å². The van der Waals surface area contributed by atoms with E-state index in [2.05, 4.69) is 31.5 Å². The van der Waals surface area contributed by atoms with Crippen LogP contribution in [0.15, 0.2) is 53.3 Å². The minimum atomic E-state index is -0.263. The summed E-state index contributed by atoms with van der Waals surface area (Å²) in [4.78, 5) is 30.7. The Hall–Kier alpha value is -2.22. The van der Waals surface area contributed by atoms with Crippen LogP contribution in [-0.2, 0) is 12.8 Å². The van der Waals surface area contributed by atoms with E-state index in [0.717, 1.165) is 29.3 Å². The van der Waals surface area contributed by atoms with Gasteiger partial charge in [-0.05, 0) is 61.2 Å². The Labute approximate surface area is 181 Å². The molecule has 1 aromatic carbocycles. The van der Waals surface area contributed by atoms with Crippen LogP contribution in [0.25, 0.3) is 0 Å². The molecule has 5 nitrogen and oxygen atoms in total. The lowest BCUT2D eigenvalue weighted by Gasteiger charge is -2.10. The van der Waals surface area contributed by atoms with Gasteiger partial charge in [0, 0.05) is 27.4 Å². The fourth-order valence-electron chi connectivity index (χ4n) is 3.13. The number of amides is 2. The minimum Gasteiger partial charge on any atom is -0.322 e. The van der Waals surface area contributed by atoms with E-state index in [0.29, 0.717) is 21.8 Å². The largest absolute Gasteiger partial charge is 0.322 e. The molecule has 2 aromatic heterocycles. The van der Waals surface area contributed by atoms with E-state index in [4.69, 9.17) is 0 Å². The molecule has 3 aromatic rings. The molecule has 144 valence electrons. The Morgan fingerprint density at radius 3 is 2.54 bits per heavy atom. The summed E-state index contributed by atoms with van der Waals surface area (Å²) in [6, 6.07) is 10.8. The van der Waals surface area contributed by atoms with Crippen molar-refractivity contribution in [2.45, 2.75) is 19.3 Å². The number of pyridine rings is 1. The number of rotatable bonds is 4. The number of anilines is 2. The summed E-state index contributed by atoms with van der Waals surface area (Å²) in [5.41, 5.74) is 2.81. The van der Waals surface area contributed by atoms with Gasteiger partial charge >= 0.3 is 0 Å². The number of carbonyl (C=O) groups excluding carboxylic acids is 2. The Bertz CT molecular complexity index is 1010. The number of halogens is 2. The van der Waals surface area contributed by atoms with Gasteiger partial charge in [0.15, 0.2) is 0 Å². The molecule has 8 heteroatoms. The molecule has 2 N–H and O–H groups in total. The quantitative estimate of drug-likeness (QED) is 0.533. The van der Waals surface area contributed by atoms with Crippen molar-refractivity contribution in [2.75, 3.05) is 10.6 Å². The highest BCUT2D eigenvalue weighted by molar-refractivity contribution is 9.10. The van der Waals surface area contributed by atoms with Crippen LogP contribution in [0.2, 0.25) is 0 Å². The van der Waals surface area contributed by atoms with E-state index >= 15 is 0 Å². The first-order valence-corrected chi connectivity index (χ1v) is 10.2. The molecule has 0 fully saturated rings. The molecular weight excluding hydrogens is 462 g/mol. The van der Waals surface area contributed by atoms with Gasteiger partial charge in [-0.25, -0.2) is 0 Å². The lowest BCUT2D eigenvalue weighted by atomic mass is 10.1. The van der Waals surface area contributed by atoms with Crippen molar-refractivity contribution in [1.29, 1.82) is 0 Å². The Morgan fingerprint density at radius 2 is 1.82 bits per heavy atom. The molecule has 1 aliphatic rings. The van der Waals surface area contributed by atoms with Gasteiger partial charge in [0.25, 0.3) is 11.8 Å². The molecule has 0 atom stereocenters. The summed E-state index contributed by atoms with van der Waals surface area (Å²) >= 11 is 4.88. The number of aromatic nitrogens is 1. The van der Waals surface area contributed by atoms with Crippen LogP contribution in [0.3, 0.4) is 0 Å². The molecule has 0 aliphatic heterocycles. The van der Waals surface area contributed by atoms with Crippen molar-refractivity contribution in [3.63, 3.8) is 0 Å². The summed E-state index contributed by atoms with van der Waals surface area (Å²) in [5, 5.41) is 6.44. The van der Waals surface area contributed by atoms with Crippen LogP contribution in [0.5, 0.6) is 0 Å². The molecule has 2 heterocycles. The number of nitrogens with one attached hydrogen (secondary N) is 2. The van der Waals surface area contributed by atoms with Gasteiger partial charge < -0.3 is 10.6 Å². The third kappa shape index (κ3) is 4.27. The van der Waals surface area contributed by atoms with Crippen LogP contribution in [0.1, 0.15) is 37.6 Å². The highest BCUT2D eigenvalue weighted by Crippen LogP contribution is 2.39. The summed E-state index contributed by atoms with van der Waals surface area (Å²) in [6.07, 6.45) is 5.97. The fraction of sp³-hybridized carbons (Fsp3) is 0.150. The van der Waals surface area contributed by atoms with Gasteiger partial charge in [-0.3, -0.25) is 14.6 Å². The van der Waals surface area contributed by atoms with Gasteiger partial charge in [-0.15, -0.1) is 23.7 Å². The summed E-state index contributed by atoms with van der Waals surface area (Å²) in [7, 11) is 0. The first-order valence-electron chi connectivity index (χ1n) is 8.54. The lowest BCUT2D eigenvalue weighted by molar-refractivity contribution is 0.102. The SMILES string of the molecule is Cl.O=C(Nc1sc2c(c1C(=O)Nc1ccc(Br)cc1)CCC2)c1cccnc1. The maximum atomic E-state index is 13.0. The number of thiophene rings is 1. The number of fused-ring (bicyclic) bond motifs is 1. The van der Waals surface area contributed by atoms with Crippen molar-refractivity contribution in [3.05, 3.63) is 74.8 Å². The van der Waals surface area contributed by atoms with Gasteiger partial charge in [0.2, 0.25) is 0 Å². The normalized spacial score (nSPS) is 12.0.